The van der Waals surface area contributed by atoms with Crippen LogP contribution < -0.4 is 4.74 Å². The molecule has 0 amide bonds. The fraction of sp³-hybridized carbons (Fsp3) is 0.0667. The standard InChI is InChI=1S/C15H13NO2/c1-18-13-8-5-12(6-9-13)7-10-15(17)14-4-2-3-11-16-14/h2-11H,1H3/b10-7+. The predicted octanol–water partition coefficient (Wildman–Crippen LogP) is 2.99. The van der Waals surface area contributed by atoms with Crippen LogP contribution in [0.25, 0.3) is 6.08 Å². The Balaban J connectivity index is 2.08. The fourth-order valence-corrected chi connectivity index (χ4v) is 1.48. The van der Waals surface area contributed by atoms with Crippen LogP contribution in [0.4, 0.5) is 0 Å². The summed E-state index contributed by atoms with van der Waals surface area (Å²) in [6.07, 6.45) is 4.88. The lowest BCUT2D eigenvalue weighted by atomic mass is 10.1. The van der Waals surface area contributed by atoms with Crippen LogP contribution in [0.2, 0.25) is 0 Å². The van der Waals surface area contributed by atoms with Gasteiger partial charge in [-0.05, 0) is 35.9 Å². The van der Waals surface area contributed by atoms with Crippen molar-refractivity contribution < 1.29 is 9.53 Å². The summed E-state index contributed by atoms with van der Waals surface area (Å²) >= 11 is 0. The van der Waals surface area contributed by atoms with Crippen LogP contribution in [0.1, 0.15) is 16.1 Å². The Morgan fingerprint density at radius 1 is 1.17 bits per heavy atom. The van der Waals surface area contributed by atoms with Crippen molar-refractivity contribution in [3.8, 4) is 5.75 Å². The molecule has 1 heterocycles. The van der Waals surface area contributed by atoms with E-state index in [9.17, 15) is 4.79 Å². The van der Waals surface area contributed by atoms with Crippen molar-refractivity contribution >= 4 is 11.9 Å². The van der Waals surface area contributed by atoms with E-state index < -0.39 is 0 Å². The van der Waals surface area contributed by atoms with E-state index in [1.54, 1.807) is 37.6 Å². The zero-order chi connectivity index (χ0) is 12.8. The highest BCUT2D eigenvalue weighted by atomic mass is 16.5. The van der Waals surface area contributed by atoms with Crippen LogP contribution in [0.5, 0.6) is 5.75 Å². The number of aromatic nitrogens is 1. The molecule has 0 saturated heterocycles. The topological polar surface area (TPSA) is 39.2 Å². The van der Waals surface area contributed by atoms with Gasteiger partial charge in [-0.3, -0.25) is 9.78 Å². The summed E-state index contributed by atoms with van der Waals surface area (Å²) in [6.45, 7) is 0. The van der Waals surface area contributed by atoms with Gasteiger partial charge in [-0.1, -0.05) is 24.3 Å². The first-order valence-corrected chi connectivity index (χ1v) is 5.57. The number of carbonyl (C=O) groups is 1. The van der Waals surface area contributed by atoms with Crippen molar-refractivity contribution in [2.24, 2.45) is 0 Å². The molecule has 2 aromatic rings. The molecule has 0 spiro atoms. The molecule has 3 nitrogen and oxygen atoms in total. The molecule has 0 aliphatic carbocycles. The van der Waals surface area contributed by atoms with E-state index in [4.69, 9.17) is 4.74 Å². The second-order valence-corrected chi connectivity index (χ2v) is 3.69. The molecule has 0 unspecified atom stereocenters. The number of rotatable bonds is 4. The Morgan fingerprint density at radius 3 is 2.56 bits per heavy atom. The highest BCUT2D eigenvalue weighted by molar-refractivity contribution is 6.05. The molecule has 18 heavy (non-hydrogen) atoms. The first-order chi connectivity index (χ1) is 8.79. The second kappa shape index (κ2) is 5.77. The van der Waals surface area contributed by atoms with Crippen molar-refractivity contribution in [3.63, 3.8) is 0 Å². The Kier molecular flexibility index (Phi) is 3.86. The quantitative estimate of drug-likeness (QED) is 0.608. The van der Waals surface area contributed by atoms with Crippen LogP contribution in [-0.4, -0.2) is 17.9 Å². The minimum Gasteiger partial charge on any atom is -0.497 e. The molecule has 0 N–H and O–H groups in total. The van der Waals surface area contributed by atoms with E-state index in [1.165, 1.54) is 6.08 Å². The highest BCUT2D eigenvalue weighted by Gasteiger charge is 2.00. The minimum atomic E-state index is -0.105. The summed E-state index contributed by atoms with van der Waals surface area (Å²) in [5.41, 5.74) is 1.39. The third kappa shape index (κ3) is 3.04. The third-order valence-electron chi connectivity index (χ3n) is 2.46. The largest absolute Gasteiger partial charge is 0.497 e. The predicted molar refractivity (Wildman–Crippen MR) is 70.6 cm³/mol. The van der Waals surface area contributed by atoms with Crippen molar-refractivity contribution in [1.29, 1.82) is 0 Å². The van der Waals surface area contributed by atoms with Crippen LogP contribution >= 0.6 is 0 Å². The molecule has 1 aromatic carbocycles. The fourth-order valence-electron chi connectivity index (χ4n) is 1.48. The minimum absolute atomic E-state index is 0.105. The van der Waals surface area contributed by atoms with Crippen LogP contribution in [-0.2, 0) is 0 Å². The number of ketones is 1. The second-order valence-electron chi connectivity index (χ2n) is 3.69. The van der Waals surface area contributed by atoms with Gasteiger partial charge in [0, 0.05) is 6.20 Å². The first kappa shape index (κ1) is 12.0. The molecule has 3 heteroatoms. The lowest BCUT2D eigenvalue weighted by molar-refractivity contribution is 0.104. The molecule has 0 fully saturated rings. The van der Waals surface area contributed by atoms with Gasteiger partial charge in [0.15, 0.2) is 0 Å². The average molecular weight is 239 g/mol. The maximum Gasteiger partial charge on any atom is 0.204 e. The Labute approximate surface area is 106 Å². The average Bonchev–Trinajstić information content (AvgIpc) is 2.46. The number of methoxy groups -OCH3 is 1. The number of pyridine rings is 1. The molecule has 0 radical (unpaired) electrons. The third-order valence-corrected chi connectivity index (χ3v) is 2.46. The Hall–Kier alpha value is -2.42. The number of hydrogen-bond donors (Lipinski definition) is 0. The van der Waals surface area contributed by atoms with Gasteiger partial charge < -0.3 is 4.74 Å². The highest BCUT2D eigenvalue weighted by Crippen LogP contribution is 2.12. The van der Waals surface area contributed by atoms with Gasteiger partial charge in [0.05, 0.1) is 7.11 Å². The first-order valence-electron chi connectivity index (χ1n) is 5.57. The zero-order valence-corrected chi connectivity index (χ0v) is 10.0. The van der Waals surface area contributed by atoms with Crippen molar-refractivity contribution in [2.75, 3.05) is 7.11 Å². The van der Waals surface area contributed by atoms with Crippen LogP contribution in [0, 0.1) is 0 Å². The number of hydrogen-bond acceptors (Lipinski definition) is 3. The molecular weight excluding hydrogens is 226 g/mol. The molecule has 1 aromatic heterocycles. The number of benzene rings is 1. The SMILES string of the molecule is COc1ccc(/C=C/C(=O)c2ccccn2)cc1. The van der Waals surface area contributed by atoms with Gasteiger partial charge in [-0.2, -0.15) is 0 Å². The van der Waals surface area contributed by atoms with Crippen molar-refractivity contribution in [1.82, 2.24) is 4.98 Å². The van der Waals surface area contributed by atoms with Crippen LogP contribution in [0.15, 0.2) is 54.7 Å². The van der Waals surface area contributed by atoms with E-state index in [1.807, 2.05) is 24.3 Å². The summed E-state index contributed by atoms with van der Waals surface area (Å²) in [5.74, 6) is 0.689. The summed E-state index contributed by atoms with van der Waals surface area (Å²) in [7, 11) is 1.62. The summed E-state index contributed by atoms with van der Waals surface area (Å²) < 4.78 is 5.06. The molecule has 0 aliphatic heterocycles. The molecule has 0 bridgehead atoms. The van der Waals surface area contributed by atoms with Gasteiger partial charge in [-0.15, -0.1) is 0 Å². The lowest BCUT2D eigenvalue weighted by Gasteiger charge is -1.99. The summed E-state index contributed by atoms with van der Waals surface area (Å²) in [6, 6.07) is 12.8. The van der Waals surface area contributed by atoms with Crippen LogP contribution in [0.3, 0.4) is 0 Å². The maximum atomic E-state index is 11.8. The van der Waals surface area contributed by atoms with E-state index in [0.717, 1.165) is 11.3 Å². The van der Waals surface area contributed by atoms with Gasteiger partial charge >= 0.3 is 0 Å². The van der Waals surface area contributed by atoms with E-state index in [2.05, 4.69) is 4.98 Å². The molecular formula is C15H13NO2. The maximum absolute atomic E-state index is 11.8. The molecule has 0 aliphatic rings. The van der Waals surface area contributed by atoms with Gasteiger partial charge in [-0.25, -0.2) is 0 Å². The van der Waals surface area contributed by atoms with E-state index >= 15 is 0 Å². The van der Waals surface area contributed by atoms with E-state index in [-0.39, 0.29) is 5.78 Å². The Morgan fingerprint density at radius 2 is 1.94 bits per heavy atom. The lowest BCUT2D eigenvalue weighted by Crippen LogP contribution is -1.96. The van der Waals surface area contributed by atoms with Crippen molar-refractivity contribution in [3.05, 3.63) is 66.0 Å². The van der Waals surface area contributed by atoms with Gasteiger partial charge in [0.25, 0.3) is 0 Å². The summed E-state index contributed by atoms with van der Waals surface area (Å²) in [5, 5.41) is 0. The molecule has 90 valence electrons. The van der Waals surface area contributed by atoms with E-state index in [0.29, 0.717) is 5.69 Å². The van der Waals surface area contributed by atoms with Crippen molar-refractivity contribution in [2.45, 2.75) is 0 Å². The smallest absolute Gasteiger partial charge is 0.204 e. The zero-order valence-electron chi connectivity index (χ0n) is 10.0. The molecule has 2 rings (SSSR count). The number of allylic oxidation sites excluding steroid dienone is 1. The number of nitrogens with zero attached hydrogens (tertiary/aromatic N) is 1. The van der Waals surface area contributed by atoms with Gasteiger partial charge in [0.1, 0.15) is 11.4 Å². The summed E-state index contributed by atoms with van der Waals surface area (Å²) in [4.78, 5) is 15.8. The molecule has 0 saturated carbocycles. The monoisotopic (exact) mass is 239 g/mol. The Bertz CT molecular complexity index is 544. The normalized spacial score (nSPS) is 10.5. The number of ether oxygens (including phenoxy) is 1. The molecule has 0 atom stereocenters. The number of carbonyl (C=O) groups excluding carboxylic acids is 1. The van der Waals surface area contributed by atoms with Gasteiger partial charge in [0.2, 0.25) is 5.78 Å².